The molecule has 3 fully saturated rings. The van der Waals surface area contributed by atoms with Crippen LogP contribution < -0.4 is 0 Å². The number of aliphatic hydroxyl groups excluding tert-OH is 1. The maximum atomic E-state index is 8.94. The van der Waals surface area contributed by atoms with Crippen LogP contribution in [-0.4, -0.2) is 19.6 Å². The molecular formula is C10H15BO. The van der Waals surface area contributed by atoms with E-state index in [-0.39, 0.29) is 11.9 Å². The standard InChI is InChI=1S/C10H15BO/c11-10(1-2-12)5-7-3-6-4-8(10)9(6)7/h6-9,12H,1-5H2. The summed E-state index contributed by atoms with van der Waals surface area (Å²) >= 11 is 0. The van der Waals surface area contributed by atoms with Crippen molar-refractivity contribution >= 4 is 7.85 Å². The first-order chi connectivity index (χ1) is 5.74. The molecule has 0 aliphatic heterocycles. The van der Waals surface area contributed by atoms with Gasteiger partial charge in [0.25, 0.3) is 0 Å². The number of aliphatic hydroxyl groups is 1. The van der Waals surface area contributed by atoms with E-state index in [0.29, 0.717) is 0 Å². The fraction of sp³-hybridized carbons (Fsp3) is 1.00. The molecule has 5 atom stereocenters. The average molecular weight is 162 g/mol. The monoisotopic (exact) mass is 162 g/mol. The average Bonchev–Trinajstić information content (AvgIpc) is 2.13. The van der Waals surface area contributed by atoms with Gasteiger partial charge in [0.2, 0.25) is 0 Å². The van der Waals surface area contributed by atoms with Gasteiger partial charge in [-0.3, -0.25) is 0 Å². The van der Waals surface area contributed by atoms with Gasteiger partial charge >= 0.3 is 0 Å². The molecule has 0 bridgehead atoms. The lowest BCUT2D eigenvalue weighted by Gasteiger charge is -2.55. The van der Waals surface area contributed by atoms with Crippen molar-refractivity contribution in [2.75, 3.05) is 6.61 Å². The van der Waals surface area contributed by atoms with Gasteiger partial charge in [-0.2, -0.15) is 0 Å². The van der Waals surface area contributed by atoms with Gasteiger partial charge in [0.15, 0.2) is 0 Å². The summed E-state index contributed by atoms with van der Waals surface area (Å²) in [6.07, 6.45) is 4.82. The van der Waals surface area contributed by atoms with Gasteiger partial charge in [0, 0.05) is 6.61 Å². The maximum Gasteiger partial charge on any atom is 0.0751 e. The van der Waals surface area contributed by atoms with E-state index in [4.69, 9.17) is 13.0 Å². The predicted molar refractivity (Wildman–Crippen MR) is 48.0 cm³/mol. The first-order valence-electron chi connectivity index (χ1n) is 5.14. The molecule has 3 aliphatic rings. The Morgan fingerprint density at radius 2 is 2.17 bits per heavy atom. The van der Waals surface area contributed by atoms with Crippen LogP contribution in [0.1, 0.15) is 25.7 Å². The molecule has 0 aromatic rings. The van der Waals surface area contributed by atoms with E-state index in [0.717, 1.165) is 30.1 Å². The Balaban J connectivity index is 1.80. The summed E-state index contributed by atoms with van der Waals surface area (Å²) in [7, 11) is 6.31. The quantitative estimate of drug-likeness (QED) is 0.608. The van der Waals surface area contributed by atoms with Gasteiger partial charge < -0.3 is 5.11 Å². The van der Waals surface area contributed by atoms with E-state index in [1.807, 2.05) is 0 Å². The van der Waals surface area contributed by atoms with E-state index < -0.39 is 0 Å². The zero-order valence-electron chi connectivity index (χ0n) is 7.37. The van der Waals surface area contributed by atoms with Crippen molar-refractivity contribution in [1.29, 1.82) is 0 Å². The molecule has 0 spiro atoms. The maximum absolute atomic E-state index is 8.94. The van der Waals surface area contributed by atoms with E-state index >= 15 is 0 Å². The van der Waals surface area contributed by atoms with Crippen molar-refractivity contribution in [2.45, 2.75) is 31.0 Å². The van der Waals surface area contributed by atoms with Crippen LogP contribution in [0.25, 0.3) is 0 Å². The number of hydrogen-bond acceptors (Lipinski definition) is 1. The van der Waals surface area contributed by atoms with Crippen LogP contribution in [0.3, 0.4) is 0 Å². The second kappa shape index (κ2) is 2.09. The smallest absolute Gasteiger partial charge is 0.0751 e. The van der Waals surface area contributed by atoms with Crippen molar-refractivity contribution in [3.05, 3.63) is 0 Å². The Morgan fingerprint density at radius 3 is 2.75 bits per heavy atom. The molecule has 64 valence electrons. The summed E-state index contributed by atoms with van der Waals surface area (Å²) in [5.41, 5.74) is 0. The summed E-state index contributed by atoms with van der Waals surface area (Å²) in [6.45, 7) is 0.275. The topological polar surface area (TPSA) is 20.2 Å². The molecule has 12 heavy (non-hydrogen) atoms. The van der Waals surface area contributed by atoms with Gasteiger partial charge in [-0.1, -0.05) is 11.7 Å². The van der Waals surface area contributed by atoms with Crippen LogP contribution in [0.5, 0.6) is 0 Å². The Kier molecular flexibility index (Phi) is 1.29. The van der Waals surface area contributed by atoms with Gasteiger partial charge in [0.1, 0.15) is 0 Å². The van der Waals surface area contributed by atoms with E-state index in [9.17, 15) is 0 Å². The van der Waals surface area contributed by atoms with Gasteiger partial charge in [0.05, 0.1) is 7.85 Å². The number of rotatable bonds is 2. The Hall–Kier alpha value is 0.0249. The van der Waals surface area contributed by atoms with Crippen LogP contribution in [0, 0.1) is 23.7 Å². The van der Waals surface area contributed by atoms with E-state index in [1.54, 1.807) is 0 Å². The largest absolute Gasteiger partial charge is 0.396 e. The van der Waals surface area contributed by atoms with Crippen molar-refractivity contribution in [2.24, 2.45) is 23.7 Å². The summed E-state index contributed by atoms with van der Waals surface area (Å²) in [5.74, 6) is 3.71. The first-order valence-corrected chi connectivity index (χ1v) is 5.14. The van der Waals surface area contributed by atoms with Crippen LogP contribution >= 0.6 is 0 Å². The van der Waals surface area contributed by atoms with Crippen LogP contribution in [0.4, 0.5) is 0 Å². The van der Waals surface area contributed by atoms with E-state index in [1.165, 1.54) is 19.3 Å². The lowest BCUT2D eigenvalue weighted by Crippen LogP contribution is -2.48. The normalized spacial score (nSPS) is 60.4. The third-order valence-corrected chi connectivity index (χ3v) is 4.67. The highest BCUT2D eigenvalue weighted by molar-refractivity contribution is 6.15. The molecular weight excluding hydrogens is 147 g/mol. The second-order valence-electron chi connectivity index (χ2n) is 5.09. The Bertz CT molecular complexity index is 218. The molecule has 2 heteroatoms. The summed E-state index contributed by atoms with van der Waals surface area (Å²) < 4.78 is 0. The van der Waals surface area contributed by atoms with Crippen LogP contribution in [-0.2, 0) is 0 Å². The fourth-order valence-electron chi connectivity index (χ4n) is 4.06. The summed E-state index contributed by atoms with van der Waals surface area (Å²) in [4.78, 5) is 0. The minimum atomic E-state index is 0.0249. The van der Waals surface area contributed by atoms with Crippen molar-refractivity contribution in [3.8, 4) is 0 Å². The fourth-order valence-corrected chi connectivity index (χ4v) is 4.06. The van der Waals surface area contributed by atoms with Crippen LogP contribution in [0.2, 0.25) is 5.31 Å². The molecule has 3 saturated carbocycles. The zero-order valence-corrected chi connectivity index (χ0v) is 7.37. The Labute approximate surface area is 75.0 Å². The minimum Gasteiger partial charge on any atom is -0.396 e. The van der Waals surface area contributed by atoms with Gasteiger partial charge in [-0.05, 0) is 42.9 Å². The minimum absolute atomic E-state index is 0.0249. The van der Waals surface area contributed by atoms with Crippen molar-refractivity contribution in [1.82, 2.24) is 0 Å². The summed E-state index contributed by atoms with van der Waals surface area (Å²) in [6, 6.07) is 0. The second-order valence-corrected chi connectivity index (χ2v) is 5.09. The Morgan fingerprint density at radius 1 is 1.33 bits per heavy atom. The lowest BCUT2D eigenvalue weighted by molar-refractivity contribution is -0.0476. The molecule has 1 nitrogen and oxygen atoms in total. The van der Waals surface area contributed by atoms with Crippen molar-refractivity contribution < 1.29 is 5.11 Å². The highest BCUT2D eigenvalue weighted by Crippen LogP contribution is 2.74. The molecule has 0 aromatic heterocycles. The SMILES string of the molecule is [B]C1(CCO)CC2CC3CC1C32. The molecule has 0 aromatic carbocycles. The van der Waals surface area contributed by atoms with E-state index in [2.05, 4.69) is 0 Å². The molecule has 3 rings (SSSR count). The molecule has 0 heterocycles. The predicted octanol–water partition coefficient (Wildman–Crippen LogP) is 1.37. The number of hydrogen-bond donors (Lipinski definition) is 1. The highest BCUT2D eigenvalue weighted by atomic mass is 16.3. The van der Waals surface area contributed by atoms with Crippen molar-refractivity contribution in [3.63, 3.8) is 0 Å². The van der Waals surface area contributed by atoms with Gasteiger partial charge in [-0.25, -0.2) is 0 Å². The molecule has 1 N–H and O–H groups in total. The molecule has 0 saturated heterocycles. The van der Waals surface area contributed by atoms with Crippen LogP contribution in [0.15, 0.2) is 0 Å². The van der Waals surface area contributed by atoms with Gasteiger partial charge in [-0.15, -0.1) is 0 Å². The first kappa shape index (κ1) is 7.43. The zero-order chi connectivity index (χ0) is 8.34. The third kappa shape index (κ3) is 0.666. The summed E-state index contributed by atoms with van der Waals surface area (Å²) in [5, 5.41) is 8.96. The highest BCUT2D eigenvalue weighted by Gasteiger charge is 2.64. The molecule has 5 unspecified atom stereocenters. The molecule has 0 amide bonds. The molecule has 2 radical (unpaired) electrons. The molecule has 3 aliphatic carbocycles. The third-order valence-electron chi connectivity index (χ3n) is 4.67. The lowest BCUT2D eigenvalue weighted by atomic mass is 9.47.